The number of hydrogen-bond donors (Lipinski definition) is 1. The number of nitrogens with zero attached hydrogens (tertiary/aromatic N) is 1. The third-order valence-corrected chi connectivity index (χ3v) is 7.49. The van der Waals surface area contributed by atoms with Crippen molar-refractivity contribution >= 4 is 44.4 Å². The molecule has 0 aliphatic rings. The highest BCUT2D eigenvalue weighted by atomic mass is 79.9. The van der Waals surface area contributed by atoms with Crippen molar-refractivity contribution in [2.45, 2.75) is 27.1 Å². The number of fused-ring (bicyclic) bond motifs is 1. The molecule has 0 aliphatic carbocycles. The second-order valence-corrected chi connectivity index (χ2v) is 11.0. The average molecular weight is 648 g/mol. The number of amides is 1. The van der Waals surface area contributed by atoms with Crippen molar-refractivity contribution in [3.05, 3.63) is 135 Å². The number of hydrogen-bond acceptors (Lipinski definition) is 5. The summed E-state index contributed by atoms with van der Waals surface area (Å²) in [5, 5.41) is 14.9. The van der Waals surface area contributed by atoms with E-state index in [1.807, 2.05) is 68.4 Å². The van der Waals surface area contributed by atoms with Gasteiger partial charge in [0.1, 0.15) is 30.6 Å². The summed E-state index contributed by atoms with van der Waals surface area (Å²) >= 11 is 3.60. The number of nitriles is 1. The van der Waals surface area contributed by atoms with E-state index in [0.29, 0.717) is 52.8 Å². The Bertz CT molecular complexity index is 1840. The van der Waals surface area contributed by atoms with Gasteiger partial charge < -0.3 is 19.5 Å². The molecule has 5 rings (SSSR count). The zero-order chi connectivity index (χ0) is 30.9. The third kappa shape index (κ3) is 7.66. The van der Waals surface area contributed by atoms with Crippen LogP contribution in [0.25, 0.3) is 16.8 Å². The van der Waals surface area contributed by atoms with Gasteiger partial charge in [0, 0.05) is 5.69 Å². The Hall–Kier alpha value is -5.06. The lowest BCUT2D eigenvalue weighted by molar-refractivity contribution is -0.112. The van der Waals surface area contributed by atoms with Crippen LogP contribution in [0.5, 0.6) is 17.2 Å². The lowest BCUT2D eigenvalue weighted by Gasteiger charge is -2.16. The fourth-order valence-corrected chi connectivity index (χ4v) is 5.22. The molecule has 5 aromatic carbocycles. The first-order chi connectivity index (χ1) is 21.4. The van der Waals surface area contributed by atoms with E-state index in [0.717, 1.165) is 21.9 Å². The van der Waals surface area contributed by atoms with Crippen molar-refractivity contribution in [3.8, 4) is 23.3 Å². The van der Waals surface area contributed by atoms with Crippen LogP contribution in [0.15, 0.2) is 113 Å². The maximum Gasteiger partial charge on any atom is 0.266 e. The van der Waals surface area contributed by atoms with Crippen LogP contribution >= 0.6 is 15.9 Å². The summed E-state index contributed by atoms with van der Waals surface area (Å²) in [6, 6.07) is 35.0. The number of rotatable bonds is 11. The van der Waals surface area contributed by atoms with Crippen LogP contribution in [0.1, 0.15) is 29.2 Å². The molecule has 0 unspecified atom stereocenters. The summed E-state index contributed by atoms with van der Waals surface area (Å²) in [4.78, 5) is 13.0. The zero-order valence-corrected chi connectivity index (χ0v) is 26.1. The highest BCUT2D eigenvalue weighted by Crippen LogP contribution is 2.38. The van der Waals surface area contributed by atoms with Gasteiger partial charge in [0.2, 0.25) is 0 Å². The molecular weight excluding hydrogens is 616 g/mol. The lowest BCUT2D eigenvalue weighted by atomic mass is 10.1. The van der Waals surface area contributed by atoms with Crippen LogP contribution in [-0.4, -0.2) is 12.5 Å². The number of anilines is 1. The minimum absolute atomic E-state index is 0.0523. The van der Waals surface area contributed by atoms with Crippen molar-refractivity contribution in [1.82, 2.24) is 0 Å². The molecule has 0 saturated carbocycles. The van der Waals surface area contributed by atoms with Gasteiger partial charge in [0.15, 0.2) is 11.5 Å². The molecule has 7 heteroatoms. The first-order valence-electron chi connectivity index (χ1n) is 14.2. The van der Waals surface area contributed by atoms with Gasteiger partial charge in [0.05, 0.1) is 11.1 Å². The number of carbonyl (C=O) groups is 1. The molecule has 0 saturated heterocycles. The normalized spacial score (nSPS) is 11.1. The van der Waals surface area contributed by atoms with Crippen LogP contribution in [0.4, 0.5) is 5.69 Å². The summed E-state index contributed by atoms with van der Waals surface area (Å²) < 4.78 is 18.6. The molecule has 0 fully saturated rings. The highest BCUT2D eigenvalue weighted by Gasteiger charge is 2.15. The lowest BCUT2D eigenvalue weighted by Crippen LogP contribution is -2.13. The second-order valence-electron chi connectivity index (χ2n) is 10.1. The average Bonchev–Trinajstić information content (AvgIpc) is 3.04. The Balaban J connectivity index is 1.27. The SMILES string of the molecule is CCOc1cc(/C=C(\C#N)C(=O)Nc2ccc(OCc3ccc(C)cc3)cc2)cc(Br)c1OCc1cccc2ccccc12. The maximum atomic E-state index is 13.0. The molecule has 44 heavy (non-hydrogen) atoms. The van der Waals surface area contributed by atoms with Gasteiger partial charge in [-0.2, -0.15) is 5.26 Å². The monoisotopic (exact) mass is 646 g/mol. The fraction of sp³-hybridized carbons (Fsp3) is 0.135. The van der Waals surface area contributed by atoms with E-state index >= 15 is 0 Å². The van der Waals surface area contributed by atoms with E-state index in [1.165, 1.54) is 11.6 Å². The van der Waals surface area contributed by atoms with Crippen LogP contribution in [0.3, 0.4) is 0 Å². The van der Waals surface area contributed by atoms with Crippen LogP contribution in [0, 0.1) is 18.3 Å². The third-order valence-electron chi connectivity index (χ3n) is 6.90. The van der Waals surface area contributed by atoms with Gasteiger partial charge in [-0.15, -0.1) is 0 Å². The number of carbonyl (C=O) groups excluding carboxylic acids is 1. The summed E-state index contributed by atoms with van der Waals surface area (Å²) in [5.41, 5.74) is 4.43. The predicted molar refractivity (Wildman–Crippen MR) is 178 cm³/mol. The number of ether oxygens (including phenoxy) is 3. The standard InChI is InChI=1S/C37H31BrN2O4/c1-3-42-35-21-27(20-34(38)36(35)44-24-29-9-6-8-28-7-4-5-10-33(28)29)19-30(22-39)37(41)40-31-15-17-32(18-16-31)43-23-26-13-11-25(2)12-14-26/h4-21H,3,23-24H2,1-2H3,(H,40,41)/b30-19+. The molecule has 220 valence electrons. The Morgan fingerprint density at radius 1 is 0.886 bits per heavy atom. The first kappa shape index (κ1) is 30.4. The van der Waals surface area contributed by atoms with E-state index in [-0.39, 0.29) is 5.57 Å². The van der Waals surface area contributed by atoms with Crippen LogP contribution in [-0.2, 0) is 18.0 Å². The quantitative estimate of drug-likeness (QED) is 0.114. The Kier molecular flexibility index (Phi) is 9.96. The van der Waals surface area contributed by atoms with E-state index in [2.05, 4.69) is 39.4 Å². The van der Waals surface area contributed by atoms with Crippen LogP contribution < -0.4 is 19.5 Å². The molecule has 0 radical (unpaired) electrons. The summed E-state index contributed by atoms with van der Waals surface area (Å²) in [5.74, 6) is 1.21. The number of aryl methyl sites for hydroxylation is 1. The fourth-order valence-electron chi connectivity index (χ4n) is 4.64. The molecule has 0 spiro atoms. The molecule has 6 nitrogen and oxygen atoms in total. The van der Waals surface area contributed by atoms with Gasteiger partial charge >= 0.3 is 0 Å². The van der Waals surface area contributed by atoms with Crippen LogP contribution in [0.2, 0.25) is 0 Å². The van der Waals surface area contributed by atoms with E-state index in [1.54, 1.807) is 36.4 Å². The molecule has 0 aromatic heterocycles. The minimum Gasteiger partial charge on any atom is -0.490 e. The van der Waals surface area contributed by atoms with Crippen molar-refractivity contribution in [1.29, 1.82) is 5.26 Å². The van der Waals surface area contributed by atoms with Crippen molar-refractivity contribution in [2.24, 2.45) is 0 Å². The van der Waals surface area contributed by atoms with Crippen molar-refractivity contribution in [2.75, 3.05) is 11.9 Å². The predicted octanol–water partition coefficient (Wildman–Crippen LogP) is 9.01. The molecule has 0 aliphatic heterocycles. The van der Waals surface area contributed by atoms with Crippen molar-refractivity contribution in [3.63, 3.8) is 0 Å². The zero-order valence-electron chi connectivity index (χ0n) is 24.5. The smallest absolute Gasteiger partial charge is 0.266 e. The van der Waals surface area contributed by atoms with Gasteiger partial charge in [-0.3, -0.25) is 4.79 Å². The largest absolute Gasteiger partial charge is 0.490 e. The van der Waals surface area contributed by atoms with E-state index < -0.39 is 5.91 Å². The Morgan fingerprint density at radius 2 is 1.64 bits per heavy atom. The number of benzene rings is 5. The molecule has 0 heterocycles. The summed E-state index contributed by atoms with van der Waals surface area (Å²) in [7, 11) is 0. The van der Waals surface area contributed by atoms with Crippen molar-refractivity contribution < 1.29 is 19.0 Å². The molecule has 1 amide bonds. The maximum absolute atomic E-state index is 13.0. The highest BCUT2D eigenvalue weighted by molar-refractivity contribution is 9.10. The van der Waals surface area contributed by atoms with Gasteiger partial charge in [-0.05, 0) is 99.7 Å². The molecular formula is C37H31BrN2O4. The molecule has 5 aromatic rings. The van der Waals surface area contributed by atoms with Gasteiger partial charge in [-0.25, -0.2) is 0 Å². The topological polar surface area (TPSA) is 80.6 Å². The molecule has 0 bridgehead atoms. The number of halogens is 1. The Labute approximate surface area is 265 Å². The Morgan fingerprint density at radius 3 is 2.39 bits per heavy atom. The molecule has 0 atom stereocenters. The van der Waals surface area contributed by atoms with Gasteiger partial charge in [-0.1, -0.05) is 72.3 Å². The second kappa shape index (κ2) is 14.4. The van der Waals surface area contributed by atoms with E-state index in [4.69, 9.17) is 14.2 Å². The minimum atomic E-state index is -0.522. The molecule has 1 N–H and O–H groups in total. The summed E-state index contributed by atoms with van der Waals surface area (Å²) in [6.45, 7) is 5.14. The first-order valence-corrected chi connectivity index (χ1v) is 15.0. The summed E-state index contributed by atoms with van der Waals surface area (Å²) in [6.07, 6.45) is 1.52. The number of nitrogens with one attached hydrogen (secondary N) is 1. The van der Waals surface area contributed by atoms with E-state index in [9.17, 15) is 10.1 Å². The van der Waals surface area contributed by atoms with Gasteiger partial charge in [0.25, 0.3) is 5.91 Å².